The number of nitro groups is 1. The van der Waals surface area contributed by atoms with E-state index in [1.807, 2.05) is 0 Å². The van der Waals surface area contributed by atoms with Gasteiger partial charge in [-0.25, -0.2) is 4.79 Å². The summed E-state index contributed by atoms with van der Waals surface area (Å²) >= 11 is 6.83. The number of hydrogen-bond donors (Lipinski definition) is 2. The Morgan fingerprint density at radius 2 is 2.00 bits per heavy atom. The van der Waals surface area contributed by atoms with Crippen molar-refractivity contribution in [3.63, 3.8) is 0 Å². The van der Waals surface area contributed by atoms with E-state index in [4.69, 9.17) is 31.2 Å². The predicted octanol–water partition coefficient (Wildman–Crippen LogP) is 3.93. The molecule has 2 amide bonds. The molecule has 2 heterocycles. The van der Waals surface area contributed by atoms with Gasteiger partial charge in [-0.1, -0.05) is 11.6 Å². The van der Waals surface area contributed by atoms with E-state index in [-0.39, 0.29) is 55.6 Å². The number of thiophene rings is 1. The highest BCUT2D eigenvalue weighted by atomic mass is 35.5. The Morgan fingerprint density at radius 3 is 2.64 bits per heavy atom. The van der Waals surface area contributed by atoms with Crippen LogP contribution in [-0.4, -0.2) is 29.8 Å². The van der Waals surface area contributed by atoms with Crippen molar-refractivity contribution >= 4 is 51.4 Å². The minimum Gasteiger partial charge on any atom is -0.484 e. The summed E-state index contributed by atoms with van der Waals surface area (Å²) in [5.41, 5.74) is 5.43. The Labute approximate surface area is 195 Å². The number of furan rings is 1. The number of benzene rings is 1. The maximum atomic E-state index is 12.6. The molecule has 0 radical (unpaired) electrons. The van der Waals surface area contributed by atoms with Gasteiger partial charge in [-0.15, -0.1) is 11.3 Å². The third kappa shape index (κ3) is 5.13. The van der Waals surface area contributed by atoms with E-state index < -0.39 is 22.7 Å². The van der Waals surface area contributed by atoms with Crippen LogP contribution in [0.2, 0.25) is 5.02 Å². The summed E-state index contributed by atoms with van der Waals surface area (Å²) in [7, 11) is 1.17. The van der Waals surface area contributed by atoms with E-state index >= 15 is 0 Å². The fourth-order valence-electron chi connectivity index (χ4n) is 2.79. The van der Waals surface area contributed by atoms with E-state index in [9.17, 15) is 24.5 Å². The molecule has 0 fully saturated rings. The number of methoxy groups -OCH3 is 1. The van der Waals surface area contributed by atoms with Gasteiger partial charge >= 0.3 is 5.97 Å². The van der Waals surface area contributed by atoms with Gasteiger partial charge in [0, 0.05) is 6.07 Å². The summed E-state index contributed by atoms with van der Waals surface area (Å²) in [5, 5.41) is 13.7. The zero-order valence-electron chi connectivity index (χ0n) is 17.2. The lowest BCUT2D eigenvalue weighted by molar-refractivity contribution is -0.384. The Balaban J connectivity index is 1.75. The lowest BCUT2D eigenvalue weighted by Gasteiger charge is -2.06. The van der Waals surface area contributed by atoms with Crippen molar-refractivity contribution in [2.45, 2.75) is 13.5 Å². The number of amides is 2. The number of halogens is 1. The molecule has 3 N–H and O–H groups in total. The van der Waals surface area contributed by atoms with Crippen LogP contribution in [0.25, 0.3) is 0 Å². The molecule has 3 aromatic rings. The first-order valence-corrected chi connectivity index (χ1v) is 10.3. The van der Waals surface area contributed by atoms with Crippen LogP contribution in [0.3, 0.4) is 0 Å². The largest absolute Gasteiger partial charge is 0.484 e. The van der Waals surface area contributed by atoms with Crippen LogP contribution in [0, 0.1) is 17.0 Å². The standard InChI is InChI=1S/C20H16ClN3O8S/c1-9-15(20(27)30-2)19(33-16(9)17(22)25)23-18(26)13-6-4-11(32-13)8-31-14-7-10(24(28)29)3-5-12(14)21/h3-7H,8H2,1-2H3,(H2,22,25)(H,23,26). The number of carbonyl (C=O) groups excluding carboxylic acids is 3. The minimum atomic E-state index is -0.750. The molecule has 0 aliphatic heterocycles. The fourth-order valence-corrected chi connectivity index (χ4v) is 4.01. The van der Waals surface area contributed by atoms with Crippen molar-refractivity contribution in [1.29, 1.82) is 0 Å². The number of primary amides is 1. The van der Waals surface area contributed by atoms with E-state index in [0.29, 0.717) is 0 Å². The number of nitro benzene ring substituents is 1. The van der Waals surface area contributed by atoms with Crippen LogP contribution in [0.4, 0.5) is 10.7 Å². The fraction of sp³-hybridized carbons (Fsp3) is 0.150. The molecule has 0 aliphatic carbocycles. The zero-order chi connectivity index (χ0) is 24.3. The van der Waals surface area contributed by atoms with Crippen LogP contribution in [-0.2, 0) is 11.3 Å². The molecule has 0 unspecified atom stereocenters. The Morgan fingerprint density at radius 1 is 1.27 bits per heavy atom. The molecule has 172 valence electrons. The number of nitrogens with two attached hydrogens (primary N) is 1. The number of hydrogen-bond acceptors (Lipinski definition) is 9. The van der Waals surface area contributed by atoms with Gasteiger partial charge in [0.15, 0.2) is 5.76 Å². The molecule has 0 bridgehead atoms. The second-order valence-electron chi connectivity index (χ2n) is 6.50. The van der Waals surface area contributed by atoms with Crippen LogP contribution in [0.1, 0.15) is 41.9 Å². The summed E-state index contributed by atoms with van der Waals surface area (Å²) in [6.45, 7) is 1.35. The normalized spacial score (nSPS) is 10.5. The van der Waals surface area contributed by atoms with E-state index in [2.05, 4.69) is 5.32 Å². The first-order chi connectivity index (χ1) is 15.6. The van der Waals surface area contributed by atoms with Gasteiger partial charge in [0.2, 0.25) is 0 Å². The van der Waals surface area contributed by atoms with Gasteiger partial charge in [-0.05, 0) is 30.7 Å². The number of ether oxygens (including phenoxy) is 2. The summed E-state index contributed by atoms with van der Waals surface area (Å²) in [5.74, 6) is -1.99. The van der Waals surface area contributed by atoms with Crippen molar-refractivity contribution in [3.05, 3.63) is 73.0 Å². The van der Waals surface area contributed by atoms with Crippen LogP contribution in [0.15, 0.2) is 34.7 Å². The van der Waals surface area contributed by atoms with Gasteiger partial charge in [0.05, 0.1) is 33.6 Å². The maximum absolute atomic E-state index is 12.6. The molecule has 33 heavy (non-hydrogen) atoms. The lowest BCUT2D eigenvalue weighted by atomic mass is 10.1. The number of rotatable bonds is 8. The molecule has 13 heteroatoms. The van der Waals surface area contributed by atoms with Gasteiger partial charge < -0.3 is 24.9 Å². The molecule has 0 saturated carbocycles. The van der Waals surface area contributed by atoms with Crippen LogP contribution < -0.4 is 15.8 Å². The van der Waals surface area contributed by atoms with E-state index in [0.717, 1.165) is 11.3 Å². The first-order valence-electron chi connectivity index (χ1n) is 9.10. The second kappa shape index (κ2) is 9.71. The molecule has 2 aromatic heterocycles. The zero-order valence-corrected chi connectivity index (χ0v) is 18.7. The second-order valence-corrected chi connectivity index (χ2v) is 7.92. The topological polar surface area (TPSA) is 164 Å². The van der Waals surface area contributed by atoms with Crippen molar-refractivity contribution in [3.8, 4) is 5.75 Å². The van der Waals surface area contributed by atoms with Crippen molar-refractivity contribution in [1.82, 2.24) is 0 Å². The van der Waals surface area contributed by atoms with E-state index in [1.54, 1.807) is 0 Å². The third-order valence-corrected chi connectivity index (χ3v) is 5.90. The molecular formula is C20H16ClN3O8S. The van der Waals surface area contributed by atoms with Crippen LogP contribution in [0.5, 0.6) is 5.75 Å². The molecule has 0 saturated heterocycles. The number of nitrogens with zero attached hydrogens (tertiary/aromatic N) is 1. The van der Waals surface area contributed by atoms with Gasteiger partial charge in [0.1, 0.15) is 23.1 Å². The van der Waals surface area contributed by atoms with Crippen molar-refractivity contribution in [2.24, 2.45) is 5.73 Å². The maximum Gasteiger partial charge on any atom is 0.341 e. The number of carbonyl (C=O) groups is 3. The lowest BCUT2D eigenvalue weighted by Crippen LogP contribution is -2.14. The van der Waals surface area contributed by atoms with Gasteiger partial charge in [0.25, 0.3) is 17.5 Å². The predicted molar refractivity (Wildman–Crippen MR) is 118 cm³/mol. The Kier molecular flexibility index (Phi) is 6.99. The highest BCUT2D eigenvalue weighted by Gasteiger charge is 2.26. The Hall–Kier alpha value is -3.90. The number of esters is 1. The third-order valence-electron chi connectivity index (χ3n) is 4.37. The molecular weight excluding hydrogens is 478 g/mol. The quantitative estimate of drug-likeness (QED) is 0.270. The minimum absolute atomic E-state index is 0.0140. The number of nitrogens with one attached hydrogen (secondary N) is 1. The SMILES string of the molecule is COC(=O)c1c(NC(=O)c2ccc(COc3cc([N+](=O)[O-])ccc3Cl)o2)sc(C(N)=O)c1C. The Bertz CT molecular complexity index is 1270. The smallest absolute Gasteiger partial charge is 0.341 e. The monoisotopic (exact) mass is 493 g/mol. The summed E-state index contributed by atoms with van der Waals surface area (Å²) < 4.78 is 15.6. The summed E-state index contributed by atoms with van der Waals surface area (Å²) in [6, 6.07) is 6.58. The molecule has 11 nitrogen and oxygen atoms in total. The van der Waals surface area contributed by atoms with Crippen LogP contribution >= 0.6 is 22.9 Å². The molecule has 0 spiro atoms. The highest BCUT2D eigenvalue weighted by Crippen LogP contribution is 2.34. The summed E-state index contributed by atoms with van der Waals surface area (Å²) in [6.07, 6.45) is 0. The molecule has 1 aromatic carbocycles. The first kappa shape index (κ1) is 23.8. The molecule has 0 aliphatic rings. The van der Waals surface area contributed by atoms with Crippen molar-refractivity contribution < 1.29 is 33.2 Å². The van der Waals surface area contributed by atoms with Gasteiger partial charge in [-0.3, -0.25) is 19.7 Å². The average molecular weight is 494 g/mol. The summed E-state index contributed by atoms with van der Waals surface area (Å²) in [4.78, 5) is 46.8. The van der Waals surface area contributed by atoms with E-state index in [1.165, 1.54) is 44.4 Å². The van der Waals surface area contributed by atoms with Crippen molar-refractivity contribution in [2.75, 3.05) is 12.4 Å². The molecule has 0 atom stereocenters. The van der Waals surface area contributed by atoms with Gasteiger partial charge in [-0.2, -0.15) is 0 Å². The number of non-ortho nitro benzene ring substituents is 1. The highest BCUT2D eigenvalue weighted by molar-refractivity contribution is 7.18. The molecule has 3 rings (SSSR count). The number of anilines is 1. The average Bonchev–Trinajstić information content (AvgIpc) is 3.37.